The number of fused-ring (bicyclic) bond motifs is 3. The van der Waals surface area contributed by atoms with Crippen LogP contribution in [0.4, 0.5) is 0 Å². The van der Waals surface area contributed by atoms with E-state index in [1.165, 1.54) is 33.0 Å². The molecule has 1 heteroatoms. The Hall–Kier alpha value is -2.12. The van der Waals surface area contributed by atoms with Crippen molar-refractivity contribution in [3.63, 3.8) is 0 Å². The molecule has 0 amide bonds. The molecule has 0 radical (unpaired) electrons. The molecule has 17 heavy (non-hydrogen) atoms. The second kappa shape index (κ2) is 3.44. The summed E-state index contributed by atoms with van der Waals surface area (Å²) in [6, 6.07) is 21.8. The largest absolute Gasteiger partial charge is 0.344 e. The molecular weight excluding hydrogens is 206 g/mol. The highest BCUT2D eigenvalue weighted by molar-refractivity contribution is 6.15. The van der Waals surface area contributed by atoms with E-state index >= 15 is 0 Å². The van der Waals surface area contributed by atoms with Gasteiger partial charge in [0.2, 0.25) is 0 Å². The van der Waals surface area contributed by atoms with Crippen LogP contribution in [0.15, 0.2) is 60.7 Å². The third-order valence-electron chi connectivity index (χ3n) is 3.41. The van der Waals surface area contributed by atoms with Gasteiger partial charge in [-0.1, -0.05) is 60.7 Å². The quantitative estimate of drug-likeness (QED) is 0.459. The zero-order valence-electron chi connectivity index (χ0n) is 9.48. The molecule has 3 N–H and O–H groups in total. The zero-order chi connectivity index (χ0) is 10.5. The van der Waals surface area contributed by atoms with E-state index in [-0.39, 0.29) is 6.15 Å². The van der Waals surface area contributed by atoms with Crippen LogP contribution in [0.1, 0.15) is 0 Å². The molecule has 0 bridgehead atoms. The predicted molar refractivity (Wildman–Crippen MR) is 73.4 cm³/mol. The van der Waals surface area contributed by atoms with Gasteiger partial charge in [0.05, 0.1) is 0 Å². The van der Waals surface area contributed by atoms with Gasteiger partial charge >= 0.3 is 0 Å². The minimum Gasteiger partial charge on any atom is -0.344 e. The van der Waals surface area contributed by atoms with Gasteiger partial charge in [0.25, 0.3) is 0 Å². The van der Waals surface area contributed by atoms with Crippen molar-refractivity contribution < 1.29 is 0 Å². The van der Waals surface area contributed by atoms with Crippen molar-refractivity contribution in [2.45, 2.75) is 0 Å². The molecule has 82 valence electrons. The van der Waals surface area contributed by atoms with Crippen molar-refractivity contribution >= 4 is 10.8 Å². The zero-order valence-corrected chi connectivity index (χ0v) is 9.48. The van der Waals surface area contributed by atoms with Crippen molar-refractivity contribution in [3.8, 4) is 22.3 Å². The molecule has 4 rings (SSSR count). The van der Waals surface area contributed by atoms with Crippen LogP contribution in [0.25, 0.3) is 33.0 Å². The number of hydrogen-bond donors (Lipinski definition) is 1. The normalized spacial score (nSPS) is 11.1. The first kappa shape index (κ1) is 10.1. The second-order valence-corrected chi connectivity index (χ2v) is 4.25. The van der Waals surface area contributed by atoms with E-state index in [2.05, 4.69) is 60.7 Å². The maximum Gasteiger partial charge on any atom is -0.00264 e. The topological polar surface area (TPSA) is 35.0 Å². The Kier molecular flexibility index (Phi) is 2.03. The Morgan fingerprint density at radius 2 is 0.941 bits per heavy atom. The van der Waals surface area contributed by atoms with Crippen LogP contribution >= 0.6 is 0 Å². The lowest BCUT2D eigenvalue weighted by Gasteiger charge is -2.00. The van der Waals surface area contributed by atoms with Crippen molar-refractivity contribution in [3.05, 3.63) is 60.7 Å². The van der Waals surface area contributed by atoms with Gasteiger partial charge in [-0.15, -0.1) is 0 Å². The molecule has 0 heterocycles. The molecule has 1 nitrogen and oxygen atoms in total. The molecule has 0 saturated heterocycles. The summed E-state index contributed by atoms with van der Waals surface area (Å²) in [5, 5.41) is 2.75. The fourth-order valence-electron chi connectivity index (χ4n) is 2.74. The molecule has 0 atom stereocenters. The molecule has 3 aromatic rings. The molecule has 0 unspecified atom stereocenters. The fourth-order valence-corrected chi connectivity index (χ4v) is 2.74. The highest BCUT2D eigenvalue weighted by Gasteiger charge is 2.19. The number of hydrogen-bond acceptors (Lipinski definition) is 1. The second-order valence-electron chi connectivity index (χ2n) is 4.25. The lowest BCUT2D eigenvalue weighted by molar-refractivity contribution is 1.70. The van der Waals surface area contributed by atoms with Gasteiger partial charge in [-0.25, -0.2) is 0 Å². The summed E-state index contributed by atoms with van der Waals surface area (Å²) in [6.45, 7) is 0. The summed E-state index contributed by atoms with van der Waals surface area (Å²) in [5.74, 6) is 0. The SMILES string of the molecule is N.c1ccc2c(c1)-c1cccc3cccc-2c13. The van der Waals surface area contributed by atoms with E-state index in [1.54, 1.807) is 0 Å². The summed E-state index contributed by atoms with van der Waals surface area (Å²) >= 11 is 0. The third-order valence-corrected chi connectivity index (χ3v) is 3.41. The van der Waals surface area contributed by atoms with Crippen LogP contribution in [0, 0.1) is 0 Å². The lowest BCUT2D eigenvalue weighted by atomic mass is 10.0. The van der Waals surface area contributed by atoms with E-state index in [1.807, 2.05) is 0 Å². The van der Waals surface area contributed by atoms with Gasteiger partial charge in [-0.2, -0.15) is 0 Å². The Morgan fingerprint density at radius 3 is 1.47 bits per heavy atom. The minimum absolute atomic E-state index is 0. The van der Waals surface area contributed by atoms with E-state index < -0.39 is 0 Å². The van der Waals surface area contributed by atoms with Crippen LogP contribution in [-0.4, -0.2) is 0 Å². The highest BCUT2D eigenvalue weighted by atomic mass is 14.2. The first-order valence-electron chi connectivity index (χ1n) is 5.57. The van der Waals surface area contributed by atoms with Crippen molar-refractivity contribution in [2.24, 2.45) is 0 Å². The Morgan fingerprint density at radius 1 is 0.471 bits per heavy atom. The Bertz CT molecular complexity index is 656. The monoisotopic (exact) mass is 219 g/mol. The first-order valence-corrected chi connectivity index (χ1v) is 5.57. The molecule has 1 aliphatic rings. The maximum absolute atomic E-state index is 2.22. The Labute approximate surface area is 100 Å². The van der Waals surface area contributed by atoms with E-state index in [0.717, 1.165) is 0 Å². The fraction of sp³-hybridized carbons (Fsp3) is 0. The van der Waals surface area contributed by atoms with E-state index in [4.69, 9.17) is 0 Å². The van der Waals surface area contributed by atoms with E-state index in [9.17, 15) is 0 Å². The van der Waals surface area contributed by atoms with Crippen molar-refractivity contribution in [1.29, 1.82) is 0 Å². The van der Waals surface area contributed by atoms with Gasteiger partial charge in [0.1, 0.15) is 0 Å². The average molecular weight is 219 g/mol. The van der Waals surface area contributed by atoms with E-state index in [0.29, 0.717) is 0 Å². The smallest absolute Gasteiger partial charge is 0.00264 e. The summed E-state index contributed by atoms with van der Waals surface area (Å²) in [7, 11) is 0. The molecule has 0 aromatic heterocycles. The summed E-state index contributed by atoms with van der Waals surface area (Å²) < 4.78 is 0. The summed E-state index contributed by atoms with van der Waals surface area (Å²) in [4.78, 5) is 0. The van der Waals surface area contributed by atoms with Crippen LogP contribution in [0.2, 0.25) is 0 Å². The average Bonchev–Trinajstić information content (AvgIpc) is 2.68. The first-order chi connectivity index (χ1) is 7.95. The molecule has 0 fully saturated rings. The molecule has 0 saturated carbocycles. The van der Waals surface area contributed by atoms with Gasteiger partial charge in [-0.05, 0) is 33.0 Å². The van der Waals surface area contributed by atoms with Gasteiger partial charge < -0.3 is 6.15 Å². The predicted octanol–water partition coefficient (Wildman–Crippen LogP) is 4.65. The van der Waals surface area contributed by atoms with Crippen LogP contribution in [0.3, 0.4) is 0 Å². The van der Waals surface area contributed by atoms with Crippen LogP contribution in [-0.2, 0) is 0 Å². The lowest BCUT2D eigenvalue weighted by Crippen LogP contribution is -1.73. The summed E-state index contributed by atoms with van der Waals surface area (Å²) in [6.07, 6.45) is 0. The highest BCUT2D eigenvalue weighted by Crippen LogP contribution is 2.46. The molecule has 0 spiro atoms. The minimum atomic E-state index is 0. The Balaban J connectivity index is 0.000000902. The van der Waals surface area contributed by atoms with Gasteiger partial charge in [-0.3, -0.25) is 0 Å². The maximum atomic E-state index is 2.22. The molecule has 3 aromatic carbocycles. The van der Waals surface area contributed by atoms with Crippen LogP contribution < -0.4 is 6.15 Å². The summed E-state index contributed by atoms with van der Waals surface area (Å²) in [5.41, 5.74) is 5.50. The standard InChI is InChI=1S/C16H10.H3N/c1-2-8-13-12(7-1)14-9-3-5-11-6-4-10-15(13)16(11)14;/h1-10H;1H3. The number of rotatable bonds is 0. The number of benzene rings is 3. The third kappa shape index (κ3) is 1.17. The van der Waals surface area contributed by atoms with Gasteiger partial charge in [0, 0.05) is 0 Å². The molecule has 0 aliphatic heterocycles. The molecule has 1 aliphatic carbocycles. The van der Waals surface area contributed by atoms with Crippen molar-refractivity contribution in [1.82, 2.24) is 6.15 Å². The van der Waals surface area contributed by atoms with Crippen LogP contribution in [0.5, 0.6) is 0 Å². The van der Waals surface area contributed by atoms with Crippen molar-refractivity contribution in [2.75, 3.05) is 0 Å². The molecular formula is C16H13N. The van der Waals surface area contributed by atoms with Gasteiger partial charge in [0.15, 0.2) is 0 Å².